The molecule has 2 amide bonds. The predicted octanol–water partition coefficient (Wildman–Crippen LogP) is 6.42. The smallest absolute Gasteiger partial charge is 0.244 e. The van der Waals surface area contributed by atoms with Gasteiger partial charge in [-0.15, -0.1) is 0 Å². The van der Waals surface area contributed by atoms with E-state index in [9.17, 15) is 18.0 Å². The molecule has 7 nitrogen and oxygen atoms in total. The minimum absolute atomic E-state index is 0.0215. The molecule has 0 heterocycles. The van der Waals surface area contributed by atoms with Crippen molar-refractivity contribution in [2.45, 2.75) is 77.3 Å². The van der Waals surface area contributed by atoms with Gasteiger partial charge in [0, 0.05) is 23.1 Å². The molecule has 10 heteroatoms. The highest BCUT2D eigenvalue weighted by Gasteiger charge is 2.51. The van der Waals surface area contributed by atoms with Crippen LogP contribution in [-0.2, 0) is 31.6 Å². The lowest BCUT2D eigenvalue weighted by molar-refractivity contribution is -0.139. The quantitative estimate of drug-likeness (QED) is 0.305. The highest BCUT2D eigenvalue weighted by molar-refractivity contribution is 7.92. The van der Waals surface area contributed by atoms with Crippen molar-refractivity contribution < 1.29 is 18.0 Å². The average Bonchev–Trinajstić information content (AvgIpc) is 2.92. The van der Waals surface area contributed by atoms with Gasteiger partial charge in [-0.1, -0.05) is 55.2 Å². The van der Waals surface area contributed by atoms with Crippen molar-refractivity contribution in [1.82, 2.24) is 10.2 Å². The van der Waals surface area contributed by atoms with E-state index in [2.05, 4.69) is 17.4 Å². The summed E-state index contributed by atoms with van der Waals surface area (Å²) in [5.41, 5.74) is 2.51. The fourth-order valence-corrected chi connectivity index (χ4v) is 9.25. The van der Waals surface area contributed by atoms with Gasteiger partial charge < -0.3 is 10.2 Å². The molecule has 4 saturated carbocycles. The van der Waals surface area contributed by atoms with Crippen molar-refractivity contribution in [3.05, 3.63) is 63.6 Å². The summed E-state index contributed by atoms with van der Waals surface area (Å²) < 4.78 is 27.3. The highest BCUT2D eigenvalue weighted by Crippen LogP contribution is 2.60. The van der Waals surface area contributed by atoms with Gasteiger partial charge in [0.15, 0.2) is 0 Å². The number of amides is 2. The average molecular weight is 649 g/mol. The van der Waals surface area contributed by atoms with Gasteiger partial charge in [-0.05, 0) is 110 Å². The van der Waals surface area contributed by atoms with Gasteiger partial charge in [0.25, 0.3) is 0 Å². The van der Waals surface area contributed by atoms with E-state index < -0.39 is 28.5 Å². The monoisotopic (exact) mass is 647 g/mol. The van der Waals surface area contributed by atoms with E-state index in [1.165, 1.54) is 49.0 Å². The van der Waals surface area contributed by atoms with Crippen LogP contribution in [0.3, 0.4) is 0 Å². The standard InChI is InChI=1S/C33H43Cl2N3O4S/c1-21(2)18-36-32(40)22(3)37(19-26-5-8-28(34)14-30(26)35)31(39)20-38(43(4,41)42)29-9-6-27(7-10-29)33-15-23-11-24(16-33)13-25(12-23)17-33/h5-10,14,21-25H,11-13,15-20H2,1-4H3,(H,36,40)/t22-,23?,24?,25?,33?/m1/s1. The molecule has 0 aliphatic heterocycles. The van der Waals surface area contributed by atoms with Crippen molar-refractivity contribution in [2.75, 3.05) is 23.7 Å². The first-order valence-corrected chi connectivity index (χ1v) is 17.9. The van der Waals surface area contributed by atoms with Crippen molar-refractivity contribution in [1.29, 1.82) is 0 Å². The van der Waals surface area contributed by atoms with Crippen molar-refractivity contribution in [3.63, 3.8) is 0 Å². The first kappa shape index (κ1) is 32.1. The molecular weight excluding hydrogens is 605 g/mol. The second-order valence-electron chi connectivity index (χ2n) is 13.6. The molecule has 43 heavy (non-hydrogen) atoms. The summed E-state index contributed by atoms with van der Waals surface area (Å²) in [6.07, 6.45) is 8.81. The summed E-state index contributed by atoms with van der Waals surface area (Å²) in [4.78, 5) is 28.4. The Bertz CT molecular complexity index is 1430. The summed E-state index contributed by atoms with van der Waals surface area (Å²) >= 11 is 12.5. The van der Waals surface area contributed by atoms with E-state index in [1.807, 2.05) is 26.0 Å². The maximum atomic E-state index is 13.9. The number of rotatable bonds is 11. The van der Waals surface area contributed by atoms with Gasteiger partial charge in [0.1, 0.15) is 12.6 Å². The van der Waals surface area contributed by atoms with Crippen LogP contribution in [0.25, 0.3) is 0 Å². The fraction of sp³-hybridized carbons (Fsp3) is 0.576. The first-order chi connectivity index (χ1) is 20.2. The summed E-state index contributed by atoms with van der Waals surface area (Å²) in [6, 6.07) is 11.9. The van der Waals surface area contributed by atoms with Gasteiger partial charge in [-0.2, -0.15) is 0 Å². The Hall–Kier alpha value is -2.29. The zero-order chi connectivity index (χ0) is 31.1. The van der Waals surface area contributed by atoms with E-state index in [-0.39, 0.29) is 23.8 Å². The molecule has 1 N–H and O–H groups in total. The molecule has 0 saturated heterocycles. The van der Waals surface area contributed by atoms with E-state index in [0.717, 1.165) is 28.3 Å². The fourth-order valence-electron chi connectivity index (χ4n) is 7.93. The number of benzene rings is 2. The molecular formula is C33H43Cl2N3O4S. The van der Waals surface area contributed by atoms with Crippen LogP contribution in [0.4, 0.5) is 5.69 Å². The normalized spacial score (nSPS) is 25.0. The third kappa shape index (κ3) is 7.18. The molecule has 2 aromatic carbocycles. The topological polar surface area (TPSA) is 86.8 Å². The predicted molar refractivity (Wildman–Crippen MR) is 173 cm³/mol. The number of hydrogen-bond acceptors (Lipinski definition) is 4. The molecule has 1 atom stereocenters. The number of sulfonamides is 1. The third-order valence-corrected chi connectivity index (χ3v) is 11.4. The van der Waals surface area contributed by atoms with E-state index in [0.29, 0.717) is 27.8 Å². The summed E-state index contributed by atoms with van der Waals surface area (Å²) in [5, 5.41) is 3.70. The Morgan fingerprint density at radius 3 is 2.05 bits per heavy atom. The lowest BCUT2D eigenvalue weighted by atomic mass is 9.48. The largest absolute Gasteiger partial charge is 0.354 e. The molecule has 0 aromatic heterocycles. The molecule has 0 spiro atoms. The maximum Gasteiger partial charge on any atom is 0.244 e. The molecule has 4 bridgehead atoms. The molecule has 2 aromatic rings. The van der Waals surface area contributed by atoms with Crippen LogP contribution in [-0.4, -0.2) is 50.5 Å². The number of carbonyl (C=O) groups excluding carboxylic acids is 2. The highest BCUT2D eigenvalue weighted by atomic mass is 35.5. The van der Waals surface area contributed by atoms with Crippen LogP contribution in [0.5, 0.6) is 0 Å². The Morgan fingerprint density at radius 2 is 1.53 bits per heavy atom. The molecule has 234 valence electrons. The molecule has 4 aliphatic rings. The molecule has 4 aliphatic carbocycles. The van der Waals surface area contributed by atoms with Gasteiger partial charge in [0.05, 0.1) is 11.9 Å². The summed E-state index contributed by atoms with van der Waals surface area (Å²) in [5.74, 6) is 1.81. The second kappa shape index (κ2) is 12.6. The third-order valence-electron chi connectivity index (χ3n) is 9.69. The number of nitrogens with one attached hydrogen (secondary N) is 1. The Balaban J connectivity index is 1.39. The Kier molecular flexibility index (Phi) is 9.41. The minimum Gasteiger partial charge on any atom is -0.354 e. The van der Waals surface area contributed by atoms with Crippen LogP contribution in [0, 0.1) is 23.7 Å². The number of halogens is 2. The molecule has 6 rings (SSSR count). The second-order valence-corrected chi connectivity index (χ2v) is 16.3. The Labute approximate surface area is 266 Å². The van der Waals surface area contributed by atoms with Gasteiger partial charge in [-0.3, -0.25) is 13.9 Å². The zero-order valence-electron chi connectivity index (χ0n) is 25.5. The minimum atomic E-state index is -3.82. The number of nitrogens with zero attached hydrogens (tertiary/aromatic N) is 2. The van der Waals surface area contributed by atoms with E-state index in [4.69, 9.17) is 23.2 Å². The summed E-state index contributed by atoms with van der Waals surface area (Å²) in [6.45, 7) is 5.65. The first-order valence-electron chi connectivity index (χ1n) is 15.3. The van der Waals surface area contributed by atoms with Crippen molar-refractivity contribution in [3.8, 4) is 0 Å². The van der Waals surface area contributed by atoms with Crippen molar-refractivity contribution >= 4 is 50.7 Å². The molecule has 0 radical (unpaired) electrons. The lowest BCUT2D eigenvalue weighted by Gasteiger charge is -2.57. The zero-order valence-corrected chi connectivity index (χ0v) is 27.8. The SMILES string of the molecule is CC(C)CNC(=O)[C@@H](C)N(Cc1ccc(Cl)cc1Cl)C(=O)CN(c1ccc(C23CC4CC(CC(C4)C2)C3)cc1)S(C)(=O)=O. The van der Waals surface area contributed by atoms with Gasteiger partial charge in [0.2, 0.25) is 21.8 Å². The maximum absolute atomic E-state index is 13.9. The van der Waals surface area contributed by atoms with Crippen molar-refractivity contribution in [2.24, 2.45) is 23.7 Å². The van der Waals surface area contributed by atoms with Crippen LogP contribution in [0.1, 0.15) is 70.4 Å². The number of carbonyl (C=O) groups is 2. The van der Waals surface area contributed by atoms with Crippen LogP contribution in [0.15, 0.2) is 42.5 Å². The van der Waals surface area contributed by atoms with Gasteiger partial charge >= 0.3 is 0 Å². The molecule has 4 fully saturated rings. The van der Waals surface area contributed by atoms with Crippen LogP contribution in [0.2, 0.25) is 10.0 Å². The van der Waals surface area contributed by atoms with E-state index >= 15 is 0 Å². The number of hydrogen-bond donors (Lipinski definition) is 1. The Morgan fingerprint density at radius 1 is 0.953 bits per heavy atom. The lowest BCUT2D eigenvalue weighted by Crippen LogP contribution is -2.51. The summed E-state index contributed by atoms with van der Waals surface area (Å²) in [7, 11) is -3.82. The van der Waals surface area contributed by atoms with E-state index in [1.54, 1.807) is 25.1 Å². The molecule has 0 unspecified atom stereocenters. The van der Waals surface area contributed by atoms with Crippen LogP contribution >= 0.6 is 23.2 Å². The number of anilines is 1. The van der Waals surface area contributed by atoms with Crippen LogP contribution < -0.4 is 9.62 Å². The van der Waals surface area contributed by atoms with Gasteiger partial charge in [-0.25, -0.2) is 8.42 Å².